The number of urea groups is 1. The van der Waals surface area contributed by atoms with Gasteiger partial charge in [-0.15, -0.1) is 0 Å². The molecule has 8 nitrogen and oxygen atoms in total. The van der Waals surface area contributed by atoms with Crippen molar-refractivity contribution in [1.82, 2.24) is 24.7 Å². The monoisotopic (exact) mass is 449 g/mol. The molecule has 1 aromatic carbocycles. The van der Waals surface area contributed by atoms with Crippen molar-refractivity contribution in [3.8, 4) is 0 Å². The predicted molar refractivity (Wildman–Crippen MR) is 133 cm³/mol. The highest BCUT2D eigenvalue weighted by Crippen LogP contribution is 2.10. The second kappa shape index (κ2) is 11.2. The lowest BCUT2D eigenvalue weighted by molar-refractivity contribution is 0.141. The topological polar surface area (TPSA) is 76.6 Å². The number of para-hydroxylation sites is 1. The molecule has 2 heterocycles. The Balaban J connectivity index is 1.35. The molecule has 1 aliphatic carbocycles. The van der Waals surface area contributed by atoms with Gasteiger partial charge in [-0.1, -0.05) is 30.4 Å². The Morgan fingerprint density at radius 1 is 1.03 bits per heavy atom. The minimum atomic E-state index is -0.0415. The van der Waals surface area contributed by atoms with E-state index in [0.717, 1.165) is 73.3 Å². The van der Waals surface area contributed by atoms with E-state index in [1.54, 1.807) is 0 Å². The Kier molecular flexibility index (Phi) is 7.91. The van der Waals surface area contributed by atoms with E-state index < -0.39 is 0 Å². The Bertz CT molecular complexity index is 1050. The van der Waals surface area contributed by atoms with E-state index in [4.69, 9.17) is 9.97 Å². The van der Waals surface area contributed by atoms with E-state index in [1.807, 2.05) is 35.2 Å². The molecule has 2 N–H and O–H groups in total. The molecule has 8 heteroatoms. The summed E-state index contributed by atoms with van der Waals surface area (Å²) in [6, 6.07) is 9.56. The van der Waals surface area contributed by atoms with E-state index in [0.29, 0.717) is 19.6 Å². The summed E-state index contributed by atoms with van der Waals surface area (Å²) in [6.45, 7) is 5.64. The summed E-state index contributed by atoms with van der Waals surface area (Å²) in [5, 5.41) is 8.70. The van der Waals surface area contributed by atoms with Gasteiger partial charge in [0.25, 0.3) is 0 Å². The first kappa shape index (κ1) is 23.2. The van der Waals surface area contributed by atoms with E-state index in [1.165, 1.54) is 0 Å². The predicted octanol–water partition coefficient (Wildman–Crippen LogP) is 1.54. The number of piperazine rings is 1. The van der Waals surface area contributed by atoms with Crippen LogP contribution in [0.5, 0.6) is 0 Å². The summed E-state index contributed by atoms with van der Waals surface area (Å²) < 4.78 is 0. The van der Waals surface area contributed by atoms with Crippen LogP contribution >= 0.6 is 0 Å². The van der Waals surface area contributed by atoms with Gasteiger partial charge in [0.15, 0.2) is 0 Å². The summed E-state index contributed by atoms with van der Waals surface area (Å²) >= 11 is 0. The van der Waals surface area contributed by atoms with Crippen LogP contribution in [-0.2, 0) is 6.54 Å². The van der Waals surface area contributed by atoms with Crippen LogP contribution < -0.4 is 21.2 Å². The minimum Gasteiger partial charge on any atom is -0.369 e. The van der Waals surface area contributed by atoms with Crippen molar-refractivity contribution in [3.05, 3.63) is 46.7 Å². The smallest absolute Gasteiger partial charge is 0.321 e. The van der Waals surface area contributed by atoms with Crippen LogP contribution in [0.1, 0.15) is 25.1 Å². The Labute approximate surface area is 196 Å². The van der Waals surface area contributed by atoms with Crippen LogP contribution in [0, 0.1) is 0 Å². The number of benzene rings is 1. The number of carbonyl (C=O) groups excluding carboxylic acids is 1. The van der Waals surface area contributed by atoms with Crippen LogP contribution in [0.25, 0.3) is 12.2 Å². The van der Waals surface area contributed by atoms with Gasteiger partial charge in [0.2, 0.25) is 0 Å². The van der Waals surface area contributed by atoms with Crippen LogP contribution in [0.15, 0.2) is 30.3 Å². The fraction of sp³-hybridized carbons (Fsp3) is 0.480. The van der Waals surface area contributed by atoms with E-state index in [2.05, 4.69) is 46.7 Å². The number of hydrogen-bond donors (Lipinski definition) is 2. The van der Waals surface area contributed by atoms with Gasteiger partial charge in [-0.25, -0.2) is 14.8 Å². The third-order valence-corrected chi connectivity index (χ3v) is 6.00. The number of nitrogens with zero attached hydrogens (tertiary/aromatic N) is 5. The number of aromatic nitrogens is 2. The molecule has 1 fully saturated rings. The first-order valence-corrected chi connectivity index (χ1v) is 11.9. The number of fused-ring (bicyclic) bond motifs is 1. The van der Waals surface area contributed by atoms with Gasteiger partial charge >= 0.3 is 6.03 Å². The van der Waals surface area contributed by atoms with Gasteiger partial charge in [-0.2, -0.15) is 0 Å². The van der Waals surface area contributed by atoms with Gasteiger partial charge in [0.1, 0.15) is 11.6 Å². The zero-order valence-electron chi connectivity index (χ0n) is 19.8. The summed E-state index contributed by atoms with van der Waals surface area (Å²) in [5.74, 6) is 1.79. The summed E-state index contributed by atoms with van der Waals surface area (Å²) in [4.78, 5) is 28.7. The number of nitrogens with one attached hydrogen (secondary N) is 2. The molecule has 0 saturated carbocycles. The molecular weight excluding hydrogens is 414 g/mol. The van der Waals surface area contributed by atoms with Crippen LogP contribution in [0.4, 0.5) is 16.3 Å². The van der Waals surface area contributed by atoms with Crippen molar-refractivity contribution < 1.29 is 4.79 Å². The molecule has 0 spiro atoms. The fourth-order valence-corrected chi connectivity index (χ4v) is 4.18. The molecule has 0 bridgehead atoms. The molecule has 2 aromatic rings. The summed E-state index contributed by atoms with van der Waals surface area (Å²) in [5.41, 5.74) is 0.825. The molecule has 176 valence electrons. The highest BCUT2D eigenvalue weighted by atomic mass is 16.2. The molecule has 0 radical (unpaired) electrons. The molecule has 2 amide bonds. The number of carbonyl (C=O) groups is 1. The van der Waals surface area contributed by atoms with E-state index >= 15 is 0 Å². The standard InChI is InChI=1S/C25H35N7O/c1-30(2)14-8-13-26-24-21-11-6-7-12-22(21)28-23(29-24)19-31-15-17-32(18-16-31)25(33)27-20-9-4-3-5-10-20/h3-5,9-12H,6-8,13-19H2,1-2H3,(H,27,33)(H,26,28,29). The van der Waals surface area contributed by atoms with Crippen molar-refractivity contribution in [1.29, 1.82) is 0 Å². The lowest BCUT2D eigenvalue weighted by Crippen LogP contribution is -2.50. The molecule has 1 saturated heterocycles. The van der Waals surface area contributed by atoms with Gasteiger partial charge < -0.3 is 20.4 Å². The Hall–Kier alpha value is -2.97. The second-order valence-electron chi connectivity index (χ2n) is 8.92. The van der Waals surface area contributed by atoms with Crippen LogP contribution in [-0.4, -0.2) is 84.1 Å². The lowest BCUT2D eigenvalue weighted by Gasteiger charge is -2.34. The second-order valence-corrected chi connectivity index (χ2v) is 8.92. The largest absolute Gasteiger partial charge is 0.369 e. The molecule has 1 aliphatic heterocycles. The van der Waals surface area contributed by atoms with E-state index in [9.17, 15) is 4.79 Å². The average Bonchev–Trinajstić information content (AvgIpc) is 2.82. The molecule has 0 unspecified atom stereocenters. The fourth-order valence-electron chi connectivity index (χ4n) is 4.18. The number of anilines is 2. The first-order valence-electron chi connectivity index (χ1n) is 11.9. The highest BCUT2D eigenvalue weighted by molar-refractivity contribution is 5.89. The zero-order valence-corrected chi connectivity index (χ0v) is 19.8. The van der Waals surface area contributed by atoms with Gasteiger partial charge in [-0.05, 0) is 52.0 Å². The Morgan fingerprint density at radius 2 is 1.79 bits per heavy atom. The number of rotatable bonds is 8. The SMILES string of the molecule is CN(C)CCCNc1nc(CN2CCN(C(=O)Nc3ccccc3)CC2)nc2c1=CCCC=2. The molecule has 4 rings (SSSR count). The molecule has 33 heavy (non-hydrogen) atoms. The van der Waals surface area contributed by atoms with Crippen molar-refractivity contribution >= 4 is 29.7 Å². The third kappa shape index (κ3) is 6.52. The normalized spacial score (nSPS) is 16.0. The van der Waals surface area contributed by atoms with Crippen molar-refractivity contribution in [3.63, 3.8) is 0 Å². The Morgan fingerprint density at radius 3 is 2.55 bits per heavy atom. The van der Waals surface area contributed by atoms with Crippen molar-refractivity contribution in [2.75, 3.05) is 64.0 Å². The maximum atomic E-state index is 12.6. The maximum Gasteiger partial charge on any atom is 0.321 e. The molecule has 0 atom stereocenters. The lowest BCUT2D eigenvalue weighted by atomic mass is 10.1. The number of hydrogen-bond acceptors (Lipinski definition) is 6. The third-order valence-electron chi connectivity index (χ3n) is 6.00. The quantitative estimate of drug-likeness (QED) is 0.596. The molecule has 2 aliphatic rings. The molecular formula is C25H35N7O. The first-order chi connectivity index (χ1) is 16.1. The number of amides is 2. The average molecular weight is 450 g/mol. The van der Waals surface area contributed by atoms with Gasteiger partial charge in [0.05, 0.1) is 11.9 Å². The minimum absolute atomic E-state index is 0.0415. The van der Waals surface area contributed by atoms with Gasteiger partial charge in [0, 0.05) is 43.6 Å². The summed E-state index contributed by atoms with van der Waals surface area (Å²) in [6.07, 6.45) is 7.60. The van der Waals surface area contributed by atoms with Gasteiger partial charge in [-0.3, -0.25) is 4.90 Å². The van der Waals surface area contributed by atoms with Crippen molar-refractivity contribution in [2.45, 2.75) is 25.8 Å². The highest BCUT2D eigenvalue weighted by Gasteiger charge is 2.22. The van der Waals surface area contributed by atoms with Crippen LogP contribution in [0.3, 0.4) is 0 Å². The summed E-state index contributed by atoms with van der Waals surface area (Å²) in [7, 11) is 4.19. The van der Waals surface area contributed by atoms with E-state index in [-0.39, 0.29) is 6.03 Å². The zero-order chi connectivity index (χ0) is 23.0. The maximum absolute atomic E-state index is 12.6. The molecule has 1 aromatic heterocycles. The van der Waals surface area contributed by atoms with Crippen molar-refractivity contribution in [2.24, 2.45) is 0 Å². The van der Waals surface area contributed by atoms with Crippen LogP contribution in [0.2, 0.25) is 0 Å².